The van der Waals surface area contributed by atoms with E-state index in [0.717, 1.165) is 23.1 Å². The average molecular weight is 656 g/mol. The van der Waals surface area contributed by atoms with Gasteiger partial charge in [0.2, 0.25) is 5.91 Å². The van der Waals surface area contributed by atoms with Crippen LogP contribution < -0.4 is 30.6 Å². The van der Waals surface area contributed by atoms with Crippen molar-refractivity contribution in [1.29, 1.82) is 0 Å². The summed E-state index contributed by atoms with van der Waals surface area (Å²) in [7, 11) is 3.05. The average Bonchev–Trinajstić information content (AvgIpc) is 3.07. The van der Waals surface area contributed by atoms with Gasteiger partial charge >= 0.3 is 5.97 Å². The van der Waals surface area contributed by atoms with Gasteiger partial charge in [0.15, 0.2) is 6.61 Å². The third-order valence-electron chi connectivity index (χ3n) is 7.33. The first-order valence-electron chi connectivity index (χ1n) is 15.4. The molecule has 258 valence electrons. The fraction of sp³-hybridized carbons (Fsp3) is 0.429. The van der Waals surface area contributed by atoms with Crippen LogP contribution in [-0.2, 0) is 20.7 Å². The molecule has 3 aromatic carbocycles. The van der Waals surface area contributed by atoms with Crippen molar-refractivity contribution in [3.63, 3.8) is 0 Å². The highest BCUT2D eigenvalue weighted by molar-refractivity contribution is 5.77. The lowest BCUT2D eigenvalue weighted by atomic mass is 10.0. The van der Waals surface area contributed by atoms with Crippen molar-refractivity contribution in [2.24, 2.45) is 5.73 Å². The molecule has 47 heavy (non-hydrogen) atoms. The number of ether oxygens (including phenoxy) is 4. The molecule has 0 bridgehead atoms. The molecule has 0 radical (unpaired) electrons. The molecule has 7 N–H and O–H groups in total. The Morgan fingerprint density at radius 1 is 0.936 bits per heavy atom. The van der Waals surface area contributed by atoms with Crippen molar-refractivity contribution in [1.82, 2.24) is 10.6 Å². The summed E-state index contributed by atoms with van der Waals surface area (Å²) in [4.78, 5) is 22.5. The monoisotopic (exact) mass is 655 g/mol. The van der Waals surface area contributed by atoms with Crippen LogP contribution in [0, 0.1) is 13.8 Å². The number of rotatable bonds is 16. The van der Waals surface area contributed by atoms with E-state index in [-0.39, 0.29) is 43.4 Å². The van der Waals surface area contributed by atoms with E-state index < -0.39 is 12.2 Å². The molecule has 12 nitrogen and oxygen atoms in total. The van der Waals surface area contributed by atoms with Crippen LogP contribution in [0.1, 0.15) is 53.9 Å². The van der Waals surface area contributed by atoms with Gasteiger partial charge in [0, 0.05) is 18.2 Å². The lowest BCUT2D eigenvalue weighted by Gasteiger charge is -2.21. The van der Waals surface area contributed by atoms with Crippen LogP contribution in [0.2, 0.25) is 0 Å². The zero-order chi connectivity index (χ0) is 34.9. The van der Waals surface area contributed by atoms with Crippen LogP contribution in [0.15, 0.2) is 54.6 Å². The Labute approximate surface area is 276 Å². The number of benzene rings is 3. The lowest BCUT2D eigenvalue weighted by Crippen LogP contribution is -2.33. The molecule has 0 aliphatic rings. The van der Waals surface area contributed by atoms with Gasteiger partial charge in [-0.25, -0.2) is 4.79 Å². The van der Waals surface area contributed by atoms with Gasteiger partial charge in [-0.05, 0) is 99.3 Å². The summed E-state index contributed by atoms with van der Waals surface area (Å²) in [6.07, 6.45) is -0.736. The van der Waals surface area contributed by atoms with E-state index in [1.165, 1.54) is 19.8 Å². The fourth-order valence-electron chi connectivity index (χ4n) is 4.61. The molecule has 0 aromatic heterocycles. The van der Waals surface area contributed by atoms with E-state index >= 15 is 0 Å². The van der Waals surface area contributed by atoms with E-state index in [4.69, 9.17) is 24.7 Å². The zero-order valence-corrected chi connectivity index (χ0v) is 28.0. The number of nitrogens with two attached hydrogens (primary N) is 1. The van der Waals surface area contributed by atoms with Crippen LogP contribution in [-0.4, -0.2) is 80.3 Å². The second kappa shape index (κ2) is 20.0. The summed E-state index contributed by atoms with van der Waals surface area (Å²) >= 11 is 0. The largest absolute Gasteiger partial charge is 0.508 e. The van der Waals surface area contributed by atoms with Crippen molar-refractivity contribution in [2.45, 2.75) is 52.4 Å². The Kier molecular flexibility index (Phi) is 16.5. The van der Waals surface area contributed by atoms with E-state index in [9.17, 15) is 24.9 Å². The number of carbonyl (C=O) groups is 2. The molecular weight excluding hydrogens is 606 g/mol. The van der Waals surface area contributed by atoms with Crippen LogP contribution in [0.25, 0.3) is 0 Å². The molecule has 3 atom stereocenters. The zero-order valence-electron chi connectivity index (χ0n) is 28.0. The normalized spacial score (nSPS) is 12.5. The highest BCUT2D eigenvalue weighted by atomic mass is 16.6. The predicted molar refractivity (Wildman–Crippen MR) is 179 cm³/mol. The quantitative estimate of drug-likeness (QED) is 0.125. The minimum Gasteiger partial charge on any atom is -0.508 e. The first-order chi connectivity index (χ1) is 22.4. The minimum atomic E-state index is -0.884. The van der Waals surface area contributed by atoms with Crippen LogP contribution >= 0.6 is 0 Å². The summed E-state index contributed by atoms with van der Waals surface area (Å²) in [6.45, 7) is 8.58. The second-order valence-corrected chi connectivity index (χ2v) is 10.8. The molecule has 1 amide bonds. The van der Waals surface area contributed by atoms with Gasteiger partial charge in [-0.15, -0.1) is 0 Å². The first-order valence-corrected chi connectivity index (χ1v) is 15.4. The van der Waals surface area contributed by atoms with E-state index in [1.54, 1.807) is 49.4 Å². The third-order valence-corrected chi connectivity index (χ3v) is 7.33. The standard InChI is InChI=1S/C23H31NO5.C12H18N2O4/c1-5-28-22(26)14-29-21-13-15(2)19(12-16(21)3)10-11-24-17(4)23(27)18-6-8-20(25)9-7-18;1-17-8-3-4-11(18-2)9(5-8)10(15)7-14-12(16)6-13/h6-9,12-13,17,23-25,27H,5,10-11,14H2,1-4H3;3-5,10,15H,6-7,13H2,1-2H3,(H,14,16)/t17-,23-;/m0./s1. The summed E-state index contributed by atoms with van der Waals surface area (Å²) in [6, 6.07) is 15.6. The van der Waals surface area contributed by atoms with Crippen molar-refractivity contribution >= 4 is 11.9 Å². The summed E-state index contributed by atoms with van der Waals surface area (Å²) < 4.78 is 20.7. The number of aliphatic hydroxyl groups is 2. The number of amides is 1. The Balaban J connectivity index is 0.000000366. The highest BCUT2D eigenvalue weighted by Crippen LogP contribution is 2.29. The number of aromatic hydroxyl groups is 1. The van der Waals surface area contributed by atoms with E-state index in [0.29, 0.717) is 36.0 Å². The first kappa shape index (κ1) is 38.8. The van der Waals surface area contributed by atoms with Crippen molar-refractivity contribution in [3.8, 4) is 23.0 Å². The van der Waals surface area contributed by atoms with Crippen LogP contribution in [0.3, 0.4) is 0 Å². The number of phenols is 1. The van der Waals surface area contributed by atoms with Gasteiger partial charge < -0.3 is 50.6 Å². The Hall–Kier alpha value is -4.36. The molecule has 0 aliphatic heterocycles. The molecule has 0 spiro atoms. The smallest absolute Gasteiger partial charge is 0.344 e. The summed E-state index contributed by atoms with van der Waals surface area (Å²) in [5, 5.41) is 35.7. The molecule has 0 saturated carbocycles. The number of hydrogen-bond donors (Lipinski definition) is 6. The highest BCUT2D eigenvalue weighted by Gasteiger charge is 2.17. The SMILES string of the molecule is CCOC(=O)COc1cc(C)c(CCN[C@@H](C)[C@H](O)c2ccc(O)cc2)cc1C.COc1ccc(OC)c(C(O)CNC(=O)CN)c1. The maximum Gasteiger partial charge on any atom is 0.344 e. The molecule has 3 aromatic rings. The number of esters is 1. The molecule has 0 aliphatic carbocycles. The topological polar surface area (TPSA) is 182 Å². The van der Waals surface area contributed by atoms with Crippen molar-refractivity contribution in [2.75, 3.05) is 47.1 Å². The maximum atomic E-state index is 11.5. The van der Waals surface area contributed by atoms with Gasteiger partial charge in [-0.1, -0.05) is 18.2 Å². The van der Waals surface area contributed by atoms with Crippen LogP contribution in [0.4, 0.5) is 0 Å². The summed E-state index contributed by atoms with van der Waals surface area (Å²) in [5.74, 6) is 1.31. The number of aliphatic hydroxyl groups excluding tert-OH is 2. The third kappa shape index (κ3) is 12.7. The molecule has 0 saturated heterocycles. The van der Waals surface area contributed by atoms with Gasteiger partial charge in [0.25, 0.3) is 0 Å². The van der Waals surface area contributed by atoms with Gasteiger partial charge in [-0.2, -0.15) is 0 Å². The Morgan fingerprint density at radius 3 is 2.26 bits per heavy atom. The lowest BCUT2D eigenvalue weighted by molar-refractivity contribution is -0.145. The number of phenolic OH excluding ortho intramolecular Hbond substituents is 1. The fourth-order valence-corrected chi connectivity index (χ4v) is 4.61. The molecule has 0 fully saturated rings. The molecule has 0 heterocycles. The van der Waals surface area contributed by atoms with Gasteiger partial charge in [0.1, 0.15) is 23.0 Å². The van der Waals surface area contributed by atoms with Crippen LogP contribution in [0.5, 0.6) is 23.0 Å². The minimum absolute atomic E-state index is 0.0690. The maximum absolute atomic E-state index is 11.5. The summed E-state index contributed by atoms with van der Waals surface area (Å²) in [5.41, 5.74) is 9.71. The molecular formula is C35H49N3O9. The number of aryl methyl sites for hydroxylation is 2. The number of hydrogen-bond acceptors (Lipinski definition) is 11. The van der Waals surface area contributed by atoms with Crippen molar-refractivity contribution < 1.29 is 43.9 Å². The van der Waals surface area contributed by atoms with E-state index in [2.05, 4.69) is 16.7 Å². The van der Waals surface area contributed by atoms with Gasteiger partial charge in [-0.3, -0.25) is 4.79 Å². The Morgan fingerprint density at radius 2 is 1.64 bits per heavy atom. The molecule has 3 rings (SSSR count). The Bertz CT molecular complexity index is 1420. The second-order valence-electron chi connectivity index (χ2n) is 10.8. The number of carbonyl (C=O) groups excluding carboxylic acids is 2. The number of nitrogens with one attached hydrogen (secondary N) is 2. The van der Waals surface area contributed by atoms with Gasteiger partial charge in [0.05, 0.1) is 39.6 Å². The number of methoxy groups -OCH3 is 2. The predicted octanol–water partition coefficient (Wildman–Crippen LogP) is 3.02. The van der Waals surface area contributed by atoms with Crippen molar-refractivity contribution in [3.05, 3.63) is 82.4 Å². The molecule has 12 heteroatoms. The van der Waals surface area contributed by atoms with E-state index in [1.807, 2.05) is 26.8 Å². The molecule has 1 unspecified atom stereocenters.